The maximum absolute atomic E-state index is 11.8. The van der Waals surface area contributed by atoms with E-state index in [9.17, 15) is 4.79 Å². The van der Waals surface area contributed by atoms with Gasteiger partial charge in [-0.15, -0.1) is 0 Å². The molecule has 1 amide bonds. The molecule has 3 rings (SSSR count). The average molecular weight is 336 g/mol. The van der Waals surface area contributed by atoms with Crippen LogP contribution >= 0.6 is 0 Å². The molecule has 2 saturated heterocycles. The lowest BCUT2D eigenvalue weighted by atomic mass is 9.73. The van der Waals surface area contributed by atoms with Gasteiger partial charge in [0.1, 0.15) is 12.4 Å². The largest absolute Gasteiger partial charge is 0.468 e. The third kappa shape index (κ3) is 3.99. The summed E-state index contributed by atoms with van der Waals surface area (Å²) in [6, 6.07) is 3.94. The molecule has 1 aromatic rings. The fourth-order valence-electron chi connectivity index (χ4n) is 3.82. The minimum Gasteiger partial charge on any atom is -0.468 e. The molecule has 6 heteroatoms. The Bertz CT molecular complexity index is 531. The summed E-state index contributed by atoms with van der Waals surface area (Å²) in [6.45, 7) is 4.29. The van der Waals surface area contributed by atoms with Gasteiger partial charge in [0.2, 0.25) is 5.91 Å². The Morgan fingerprint density at radius 3 is 3.12 bits per heavy atom. The Morgan fingerprint density at radius 1 is 1.50 bits per heavy atom. The first kappa shape index (κ1) is 17.5. The first-order valence-corrected chi connectivity index (χ1v) is 8.73. The van der Waals surface area contributed by atoms with Gasteiger partial charge in [-0.3, -0.25) is 9.69 Å². The molecule has 0 spiro atoms. The number of nitrogens with zero attached hydrogens (tertiary/aromatic N) is 2. The first-order valence-electron chi connectivity index (χ1n) is 8.73. The Labute approximate surface area is 143 Å². The lowest BCUT2D eigenvalue weighted by molar-refractivity contribution is -0.160. The van der Waals surface area contributed by atoms with Crippen LogP contribution < -0.4 is 0 Å². The molecule has 0 N–H and O–H groups in total. The summed E-state index contributed by atoms with van der Waals surface area (Å²) in [4.78, 5) is 15.7. The molecule has 0 radical (unpaired) electrons. The van der Waals surface area contributed by atoms with Crippen molar-refractivity contribution in [3.63, 3.8) is 0 Å². The van der Waals surface area contributed by atoms with Crippen LogP contribution in [0.3, 0.4) is 0 Å². The van der Waals surface area contributed by atoms with Gasteiger partial charge < -0.3 is 18.8 Å². The molecule has 3 heterocycles. The molecular weight excluding hydrogens is 308 g/mol. The Morgan fingerprint density at radius 2 is 2.38 bits per heavy atom. The van der Waals surface area contributed by atoms with Gasteiger partial charge in [0.25, 0.3) is 0 Å². The van der Waals surface area contributed by atoms with Crippen molar-refractivity contribution in [2.45, 2.75) is 31.9 Å². The normalized spacial score (nSPS) is 27.7. The number of likely N-dealkylation sites (tertiary alicyclic amines) is 1. The molecule has 2 fully saturated rings. The second-order valence-electron chi connectivity index (χ2n) is 7.19. The first-order chi connectivity index (χ1) is 11.6. The average Bonchev–Trinajstić information content (AvgIpc) is 3.07. The van der Waals surface area contributed by atoms with Gasteiger partial charge in [-0.1, -0.05) is 0 Å². The smallest absolute Gasteiger partial charge is 0.248 e. The van der Waals surface area contributed by atoms with E-state index in [4.69, 9.17) is 13.9 Å². The molecular formula is C18H28N2O4. The number of rotatable bonds is 6. The summed E-state index contributed by atoms with van der Waals surface area (Å²) in [6.07, 6.45) is 5.09. The van der Waals surface area contributed by atoms with Crippen LogP contribution in [0.1, 0.15) is 25.0 Å². The van der Waals surface area contributed by atoms with E-state index in [1.807, 2.05) is 12.1 Å². The van der Waals surface area contributed by atoms with Crippen LogP contribution in [-0.4, -0.2) is 68.8 Å². The second-order valence-corrected chi connectivity index (χ2v) is 7.19. The van der Waals surface area contributed by atoms with Gasteiger partial charge in [0, 0.05) is 39.2 Å². The summed E-state index contributed by atoms with van der Waals surface area (Å²) in [7, 11) is 3.50. The summed E-state index contributed by atoms with van der Waals surface area (Å²) in [5.74, 6) is 0.993. The zero-order chi connectivity index (χ0) is 17.0. The highest BCUT2D eigenvalue weighted by Gasteiger charge is 2.46. The molecule has 6 nitrogen and oxygen atoms in total. The van der Waals surface area contributed by atoms with Crippen LogP contribution in [0.2, 0.25) is 0 Å². The molecule has 2 aliphatic heterocycles. The van der Waals surface area contributed by atoms with Crippen molar-refractivity contribution in [1.29, 1.82) is 0 Å². The van der Waals surface area contributed by atoms with Crippen molar-refractivity contribution in [2.75, 3.05) is 47.0 Å². The number of ether oxygens (including phenoxy) is 2. The van der Waals surface area contributed by atoms with Gasteiger partial charge in [-0.05, 0) is 31.4 Å². The van der Waals surface area contributed by atoms with Crippen molar-refractivity contribution in [3.8, 4) is 0 Å². The van der Waals surface area contributed by atoms with Gasteiger partial charge in [0.05, 0.1) is 25.5 Å². The number of carbonyl (C=O) groups excluding carboxylic acids is 1. The molecule has 0 bridgehead atoms. The number of carbonyl (C=O) groups is 1. The summed E-state index contributed by atoms with van der Waals surface area (Å²) >= 11 is 0. The van der Waals surface area contributed by atoms with Crippen molar-refractivity contribution in [1.82, 2.24) is 9.80 Å². The highest BCUT2D eigenvalue weighted by atomic mass is 16.5. The zero-order valence-electron chi connectivity index (χ0n) is 14.7. The molecule has 0 aromatic carbocycles. The van der Waals surface area contributed by atoms with Gasteiger partial charge in [-0.25, -0.2) is 0 Å². The maximum atomic E-state index is 11.8. The van der Waals surface area contributed by atoms with Crippen molar-refractivity contribution >= 4 is 5.91 Å². The number of likely N-dealkylation sites (N-methyl/N-ethyl adjacent to an activating group) is 1. The maximum Gasteiger partial charge on any atom is 0.248 e. The fraction of sp³-hybridized carbons (Fsp3) is 0.722. The van der Waals surface area contributed by atoms with Crippen LogP contribution in [0.25, 0.3) is 0 Å². The Kier molecular flexibility index (Phi) is 5.58. The quantitative estimate of drug-likeness (QED) is 0.792. The van der Waals surface area contributed by atoms with E-state index in [-0.39, 0.29) is 24.0 Å². The van der Waals surface area contributed by atoms with E-state index in [1.54, 1.807) is 25.3 Å². The minimum absolute atomic E-state index is 0.00271. The summed E-state index contributed by atoms with van der Waals surface area (Å²) in [5.41, 5.74) is -0.0182. The van der Waals surface area contributed by atoms with Crippen LogP contribution in [0.4, 0.5) is 0 Å². The minimum atomic E-state index is -0.0182. The summed E-state index contributed by atoms with van der Waals surface area (Å²) < 4.78 is 17.4. The van der Waals surface area contributed by atoms with Crippen molar-refractivity contribution in [2.24, 2.45) is 5.41 Å². The second kappa shape index (κ2) is 7.68. The van der Waals surface area contributed by atoms with Crippen LogP contribution in [-0.2, 0) is 20.8 Å². The van der Waals surface area contributed by atoms with E-state index >= 15 is 0 Å². The van der Waals surface area contributed by atoms with Crippen molar-refractivity contribution < 1.29 is 18.7 Å². The van der Waals surface area contributed by atoms with E-state index in [2.05, 4.69) is 4.90 Å². The number of piperidine rings is 1. The molecule has 2 aliphatic rings. The lowest BCUT2D eigenvalue weighted by Gasteiger charge is -2.50. The standard InChI is InChI=1S/C18H28N2O4/c1-19(2)17(21)12-22-14-18-7-4-10-24-16(18)6-8-20(13-18)11-15-5-3-9-23-15/h3,5,9,16H,4,6-8,10-14H2,1-2H3/t16-,18-/m1/s1. The van der Waals surface area contributed by atoms with Crippen LogP contribution in [0, 0.1) is 5.41 Å². The SMILES string of the molecule is CN(C)C(=O)COC[C@]12CCCO[C@@H]1CCN(Cc1ccco1)C2. The predicted octanol–water partition coefficient (Wildman–Crippen LogP) is 1.76. The van der Waals surface area contributed by atoms with Gasteiger partial charge >= 0.3 is 0 Å². The van der Waals surface area contributed by atoms with Crippen LogP contribution in [0.15, 0.2) is 22.8 Å². The monoisotopic (exact) mass is 336 g/mol. The number of amides is 1. The third-order valence-electron chi connectivity index (χ3n) is 5.14. The predicted molar refractivity (Wildman–Crippen MR) is 89.5 cm³/mol. The van der Waals surface area contributed by atoms with E-state index in [0.717, 1.165) is 51.3 Å². The molecule has 2 atom stereocenters. The van der Waals surface area contributed by atoms with E-state index in [0.29, 0.717) is 6.61 Å². The van der Waals surface area contributed by atoms with Gasteiger partial charge in [0.15, 0.2) is 0 Å². The Balaban J connectivity index is 1.62. The highest BCUT2D eigenvalue weighted by molar-refractivity contribution is 5.76. The fourth-order valence-corrected chi connectivity index (χ4v) is 3.82. The molecule has 0 saturated carbocycles. The third-order valence-corrected chi connectivity index (χ3v) is 5.14. The number of hydrogen-bond acceptors (Lipinski definition) is 5. The zero-order valence-corrected chi connectivity index (χ0v) is 14.7. The Hall–Kier alpha value is -1.37. The summed E-state index contributed by atoms with van der Waals surface area (Å²) in [5, 5.41) is 0. The molecule has 134 valence electrons. The lowest BCUT2D eigenvalue weighted by Crippen LogP contribution is -2.56. The van der Waals surface area contributed by atoms with E-state index in [1.165, 1.54) is 0 Å². The van der Waals surface area contributed by atoms with Gasteiger partial charge in [-0.2, -0.15) is 0 Å². The molecule has 24 heavy (non-hydrogen) atoms. The number of fused-ring (bicyclic) bond motifs is 1. The highest BCUT2D eigenvalue weighted by Crippen LogP contribution is 2.40. The van der Waals surface area contributed by atoms with E-state index < -0.39 is 0 Å². The topological polar surface area (TPSA) is 55.2 Å². The number of hydrogen-bond donors (Lipinski definition) is 0. The van der Waals surface area contributed by atoms with Crippen molar-refractivity contribution in [3.05, 3.63) is 24.2 Å². The number of furan rings is 1. The molecule has 0 unspecified atom stereocenters. The molecule has 1 aromatic heterocycles. The van der Waals surface area contributed by atoms with Crippen LogP contribution in [0.5, 0.6) is 0 Å². The molecule has 0 aliphatic carbocycles.